The summed E-state index contributed by atoms with van der Waals surface area (Å²) in [6.07, 6.45) is 0. The standard InChI is InChI=1S/C21H21N3O2/c1-14-8-4-6-10-17(14)21-22-20(26-23-21)13-24(3)15(2)19-12-16-9-5-7-11-18(16)25-19/h4-12,15H,13H2,1-3H3/t15-/m1/s1. The molecule has 0 bridgehead atoms. The Morgan fingerprint density at radius 1 is 1.08 bits per heavy atom. The van der Waals surface area contributed by atoms with Gasteiger partial charge in [0.2, 0.25) is 11.7 Å². The highest BCUT2D eigenvalue weighted by atomic mass is 16.5. The zero-order valence-corrected chi connectivity index (χ0v) is 15.1. The third-order valence-electron chi connectivity index (χ3n) is 4.76. The van der Waals surface area contributed by atoms with E-state index < -0.39 is 0 Å². The topological polar surface area (TPSA) is 55.3 Å². The van der Waals surface area contributed by atoms with Gasteiger partial charge in [0.05, 0.1) is 12.6 Å². The molecule has 2 heterocycles. The van der Waals surface area contributed by atoms with Crippen LogP contribution in [0.15, 0.2) is 63.5 Å². The first-order valence-electron chi connectivity index (χ1n) is 8.69. The van der Waals surface area contributed by atoms with Gasteiger partial charge >= 0.3 is 0 Å². The molecule has 0 N–H and O–H groups in total. The van der Waals surface area contributed by atoms with E-state index in [1.54, 1.807) is 0 Å². The van der Waals surface area contributed by atoms with Crippen LogP contribution in [-0.4, -0.2) is 22.1 Å². The molecule has 0 spiro atoms. The van der Waals surface area contributed by atoms with Gasteiger partial charge in [0, 0.05) is 10.9 Å². The Balaban J connectivity index is 1.51. The summed E-state index contributed by atoms with van der Waals surface area (Å²) in [6, 6.07) is 18.2. The second kappa shape index (κ2) is 6.77. The third kappa shape index (κ3) is 3.13. The molecule has 0 aliphatic carbocycles. The number of para-hydroxylation sites is 1. The molecule has 0 unspecified atom stereocenters. The highest BCUT2D eigenvalue weighted by molar-refractivity contribution is 5.77. The predicted molar refractivity (Wildman–Crippen MR) is 101 cm³/mol. The quantitative estimate of drug-likeness (QED) is 0.509. The van der Waals surface area contributed by atoms with Crippen LogP contribution in [0.25, 0.3) is 22.4 Å². The maximum absolute atomic E-state index is 5.97. The van der Waals surface area contributed by atoms with E-state index in [4.69, 9.17) is 8.94 Å². The van der Waals surface area contributed by atoms with Crippen LogP contribution >= 0.6 is 0 Å². The molecule has 0 aliphatic rings. The smallest absolute Gasteiger partial charge is 0.241 e. The number of rotatable bonds is 5. The van der Waals surface area contributed by atoms with E-state index in [1.165, 1.54) is 0 Å². The fraction of sp³-hybridized carbons (Fsp3) is 0.238. The first-order valence-corrected chi connectivity index (χ1v) is 8.69. The molecule has 4 aromatic rings. The van der Waals surface area contributed by atoms with Crippen molar-refractivity contribution in [1.29, 1.82) is 0 Å². The van der Waals surface area contributed by atoms with Gasteiger partial charge in [-0.05, 0) is 38.6 Å². The molecule has 26 heavy (non-hydrogen) atoms. The lowest BCUT2D eigenvalue weighted by molar-refractivity contribution is 0.198. The summed E-state index contributed by atoms with van der Waals surface area (Å²) in [5, 5.41) is 5.24. The Morgan fingerprint density at radius 2 is 1.85 bits per heavy atom. The van der Waals surface area contributed by atoms with Gasteiger partial charge in [-0.1, -0.05) is 47.6 Å². The minimum atomic E-state index is 0.0937. The van der Waals surface area contributed by atoms with Gasteiger partial charge in [0.25, 0.3) is 0 Å². The van der Waals surface area contributed by atoms with Crippen LogP contribution in [-0.2, 0) is 6.54 Å². The van der Waals surface area contributed by atoms with Crippen molar-refractivity contribution in [1.82, 2.24) is 15.0 Å². The summed E-state index contributed by atoms with van der Waals surface area (Å²) in [5.74, 6) is 2.14. The molecule has 2 aromatic carbocycles. The number of fused-ring (bicyclic) bond motifs is 1. The number of hydrogen-bond acceptors (Lipinski definition) is 5. The van der Waals surface area contributed by atoms with Crippen LogP contribution in [0.1, 0.15) is 30.2 Å². The summed E-state index contributed by atoms with van der Waals surface area (Å²) < 4.78 is 11.4. The number of hydrogen-bond donors (Lipinski definition) is 0. The van der Waals surface area contributed by atoms with Crippen LogP contribution in [0.2, 0.25) is 0 Å². The van der Waals surface area contributed by atoms with Crippen LogP contribution in [0.3, 0.4) is 0 Å². The summed E-state index contributed by atoms with van der Waals surface area (Å²) in [6.45, 7) is 4.70. The maximum atomic E-state index is 5.97. The van der Waals surface area contributed by atoms with Crippen molar-refractivity contribution < 1.29 is 8.94 Å². The lowest BCUT2D eigenvalue weighted by atomic mass is 10.1. The molecule has 2 aromatic heterocycles. The number of benzene rings is 2. The van der Waals surface area contributed by atoms with Gasteiger partial charge in [0.1, 0.15) is 11.3 Å². The van der Waals surface area contributed by atoms with Crippen molar-refractivity contribution in [2.75, 3.05) is 7.05 Å². The molecule has 4 rings (SSSR count). The minimum absolute atomic E-state index is 0.0937. The average molecular weight is 347 g/mol. The predicted octanol–water partition coefficient (Wildman–Crippen LogP) is 4.98. The zero-order valence-electron chi connectivity index (χ0n) is 15.1. The molecule has 5 heteroatoms. The first kappa shape index (κ1) is 16.5. The lowest BCUT2D eigenvalue weighted by Gasteiger charge is -2.20. The SMILES string of the molecule is Cc1ccccc1-c1noc(CN(C)[C@H](C)c2cc3ccccc3o2)n1. The molecular weight excluding hydrogens is 326 g/mol. The van der Waals surface area contributed by atoms with Crippen LogP contribution in [0, 0.1) is 6.92 Å². The molecule has 5 nitrogen and oxygen atoms in total. The van der Waals surface area contributed by atoms with E-state index in [1.807, 2.05) is 56.4 Å². The second-order valence-corrected chi connectivity index (χ2v) is 6.60. The second-order valence-electron chi connectivity index (χ2n) is 6.60. The number of aryl methyl sites for hydroxylation is 1. The summed E-state index contributed by atoms with van der Waals surface area (Å²) >= 11 is 0. The van der Waals surface area contributed by atoms with E-state index in [0.717, 1.165) is 27.9 Å². The summed E-state index contributed by atoms with van der Waals surface area (Å²) in [4.78, 5) is 6.68. The largest absolute Gasteiger partial charge is 0.459 e. The van der Waals surface area contributed by atoms with Crippen LogP contribution < -0.4 is 0 Å². The van der Waals surface area contributed by atoms with Crippen molar-refractivity contribution in [2.45, 2.75) is 26.4 Å². The average Bonchev–Trinajstić information content (AvgIpc) is 3.28. The summed E-state index contributed by atoms with van der Waals surface area (Å²) in [5.41, 5.74) is 3.03. The van der Waals surface area contributed by atoms with Gasteiger partial charge in [0.15, 0.2) is 0 Å². The van der Waals surface area contributed by atoms with Crippen molar-refractivity contribution in [2.24, 2.45) is 0 Å². The number of furan rings is 1. The first-order chi connectivity index (χ1) is 12.6. The normalized spacial score (nSPS) is 12.8. The molecular formula is C21H21N3O2. The fourth-order valence-corrected chi connectivity index (χ4v) is 3.03. The highest BCUT2D eigenvalue weighted by Gasteiger charge is 2.19. The van der Waals surface area contributed by atoms with Crippen molar-refractivity contribution in [3.05, 3.63) is 71.8 Å². The Morgan fingerprint density at radius 3 is 2.65 bits per heavy atom. The van der Waals surface area contributed by atoms with Gasteiger partial charge in [-0.15, -0.1) is 0 Å². The van der Waals surface area contributed by atoms with Crippen molar-refractivity contribution in [3.63, 3.8) is 0 Å². The molecule has 0 aliphatic heterocycles. The van der Waals surface area contributed by atoms with E-state index in [0.29, 0.717) is 18.3 Å². The third-order valence-corrected chi connectivity index (χ3v) is 4.76. The Kier molecular flexibility index (Phi) is 4.31. The highest BCUT2D eigenvalue weighted by Crippen LogP contribution is 2.27. The van der Waals surface area contributed by atoms with Gasteiger partial charge in [-0.25, -0.2) is 0 Å². The van der Waals surface area contributed by atoms with E-state index in [9.17, 15) is 0 Å². The van der Waals surface area contributed by atoms with E-state index in [2.05, 4.69) is 34.1 Å². The van der Waals surface area contributed by atoms with Gasteiger partial charge in [-0.2, -0.15) is 4.98 Å². The van der Waals surface area contributed by atoms with Gasteiger partial charge < -0.3 is 8.94 Å². The van der Waals surface area contributed by atoms with E-state index in [-0.39, 0.29) is 6.04 Å². The number of aromatic nitrogens is 2. The lowest BCUT2D eigenvalue weighted by Crippen LogP contribution is -2.21. The Labute approximate surface area is 152 Å². The molecule has 0 saturated carbocycles. The fourth-order valence-electron chi connectivity index (χ4n) is 3.03. The van der Waals surface area contributed by atoms with Gasteiger partial charge in [-0.3, -0.25) is 4.90 Å². The Bertz CT molecular complexity index is 1000. The zero-order chi connectivity index (χ0) is 18.1. The minimum Gasteiger partial charge on any atom is -0.459 e. The molecule has 0 fully saturated rings. The Hall–Kier alpha value is -2.92. The monoisotopic (exact) mass is 347 g/mol. The van der Waals surface area contributed by atoms with E-state index >= 15 is 0 Å². The molecule has 0 saturated heterocycles. The molecule has 0 amide bonds. The molecule has 1 atom stereocenters. The molecule has 0 radical (unpaired) electrons. The number of nitrogens with zero attached hydrogens (tertiary/aromatic N) is 3. The van der Waals surface area contributed by atoms with Crippen LogP contribution in [0.4, 0.5) is 0 Å². The maximum Gasteiger partial charge on any atom is 0.241 e. The molecule has 132 valence electrons. The van der Waals surface area contributed by atoms with Crippen molar-refractivity contribution >= 4 is 11.0 Å². The van der Waals surface area contributed by atoms with Crippen molar-refractivity contribution in [3.8, 4) is 11.4 Å². The van der Waals surface area contributed by atoms with Crippen LogP contribution in [0.5, 0.6) is 0 Å². The summed E-state index contributed by atoms with van der Waals surface area (Å²) in [7, 11) is 2.02.